The van der Waals surface area contributed by atoms with Crippen molar-refractivity contribution >= 4 is 5.91 Å². The Kier molecular flexibility index (Phi) is 5.09. The van der Waals surface area contributed by atoms with Crippen LogP contribution in [0.15, 0.2) is 0 Å². The van der Waals surface area contributed by atoms with Gasteiger partial charge in [-0.05, 0) is 39.4 Å². The minimum absolute atomic E-state index is 0.384. The van der Waals surface area contributed by atoms with Gasteiger partial charge in [0.15, 0.2) is 0 Å². The molecule has 2 heterocycles. The molecule has 2 aliphatic heterocycles. The number of carbonyl (C=O) groups is 1. The first-order valence-corrected chi connectivity index (χ1v) is 6.25. The van der Waals surface area contributed by atoms with Crippen LogP contribution in [0.3, 0.4) is 0 Å². The van der Waals surface area contributed by atoms with Gasteiger partial charge < -0.3 is 9.80 Å². The molecule has 2 aliphatic rings. The Morgan fingerprint density at radius 1 is 1.13 bits per heavy atom. The minimum atomic E-state index is 0.384. The Balaban J connectivity index is 0.000000531. The lowest BCUT2D eigenvalue weighted by atomic mass is 10.0. The summed E-state index contributed by atoms with van der Waals surface area (Å²) < 4.78 is 0. The third kappa shape index (κ3) is 3.20. The van der Waals surface area contributed by atoms with Crippen molar-refractivity contribution in [3.63, 3.8) is 0 Å². The van der Waals surface area contributed by atoms with Gasteiger partial charge >= 0.3 is 0 Å². The van der Waals surface area contributed by atoms with Crippen LogP contribution in [0.2, 0.25) is 0 Å². The van der Waals surface area contributed by atoms with Crippen molar-refractivity contribution in [2.45, 2.75) is 45.6 Å². The second-order valence-electron chi connectivity index (χ2n) is 4.23. The van der Waals surface area contributed by atoms with E-state index in [1.165, 1.54) is 12.8 Å². The zero-order chi connectivity index (χ0) is 11.3. The highest BCUT2D eigenvalue weighted by molar-refractivity contribution is 5.78. The van der Waals surface area contributed by atoms with E-state index in [-0.39, 0.29) is 0 Å². The number of hydrogen-bond donors (Lipinski definition) is 0. The van der Waals surface area contributed by atoms with E-state index < -0.39 is 0 Å². The van der Waals surface area contributed by atoms with Crippen molar-refractivity contribution in [3.05, 3.63) is 0 Å². The highest BCUT2D eigenvalue weighted by atomic mass is 16.2. The molecule has 0 aliphatic carbocycles. The van der Waals surface area contributed by atoms with Crippen molar-refractivity contribution in [3.8, 4) is 0 Å². The van der Waals surface area contributed by atoms with Crippen molar-refractivity contribution in [2.75, 3.05) is 26.7 Å². The maximum Gasteiger partial charge on any atom is 0.222 e. The van der Waals surface area contributed by atoms with Gasteiger partial charge in [-0.1, -0.05) is 13.8 Å². The van der Waals surface area contributed by atoms with Gasteiger partial charge in [-0.25, -0.2) is 0 Å². The molecule has 2 saturated heterocycles. The molecule has 0 aromatic heterocycles. The molecule has 15 heavy (non-hydrogen) atoms. The van der Waals surface area contributed by atoms with Crippen LogP contribution in [-0.4, -0.2) is 48.4 Å². The molecule has 1 amide bonds. The number of piperidine rings is 1. The maximum absolute atomic E-state index is 11.5. The summed E-state index contributed by atoms with van der Waals surface area (Å²) in [7, 11) is 2.15. The fourth-order valence-electron chi connectivity index (χ4n) is 2.36. The zero-order valence-electron chi connectivity index (χ0n) is 10.3. The first-order valence-electron chi connectivity index (χ1n) is 6.25. The quantitative estimate of drug-likeness (QED) is 0.661. The number of amides is 1. The molecular formula is C12H24N2O. The molecular weight excluding hydrogens is 188 g/mol. The molecule has 3 nitrogen and oxygen atoms in total. The third-order valence-corrected chi connectivity index (χ3v) is 3.24. The molecule has 0 bridgehead atoms. The highest BCUT2D eigenvalue weighted by Gasteiger charge is 2.29. The van der Waals surface area contributed by atoms with Gasteiger partial charge in [-0.2, -0.15) is 0 Å². The molecule has 0 radical (unpaired) electrons. The molecule has 0 spiro atoms. The van der Waals surface area contributed by atoms with Crippen LogP contribution in [-0.2, 0) is 4.79 Å². The summed E-state index contributed by atoms with van der Waals surface area (Å²) in [5, 5.41) is 0. The second kappa shape index (κ2) is 6.11. The Labute approximate surface area is 93.4 Å². The van der Waals surface area contributed by atoms with E-state index in [4.69, 9.17) is 0 Å². The Morgan fingerprint density at radius 3 is 2.20 bits per heavy atom. The second-order valence-corrected chi connectivity index (χ2v) is 4.23. The van der Waals surface area contributed by atoms with Crippen molar-refractivity contribution in [1.82, 2.24) is 9.80 Å². The van der Waals surface area contributed by atoms with Gasteiger partial charge in [-0.3, -0.25) is 4.79 Å². The average Bonchev–Trinajstić information content (AvgIpc) is 2.69. The monoisotopic (exact) mass is 212 g/mol. The van der Waals surface area contributed by atoms with E-state index in [0.29, 0.717) is 11.9 Å². The Hall–Kier alpha value is -0.570. The SMILES string of the molecule is CC.CN1CCC(N2CCCC2=O)CC1. The van der Waals surface area contributed by atoms with Crippen molar-refractivity contribution < 1.29 is 4.79 Å². The molecule has 0 unspecified atom stereocenters. The number of hydrogen-bond acceptors (Lipinski definition) is 2. The summed E-state index contributed by atoms with van der Waals surface area (Å²) in [6.07, 6.45) is 4.20. The van der Waals surface area contributed by atoms with Crippen LogP contribution in [0.1, 0.15) is 39.5 Å². The predicted octanol–water partition coefficient (Wildman–Crippen LogP) is 1.73. The molecule has 3 heteroatoms. The average molecular weight is 212 g/mol. The lowest BCUT2D eigenvalue weighted by molar-refractivity contribution is -0.130. The topological polar surface area (TPSA) is 23.6 Å². The van der Waals surface area contributed by atoms with Crippen LogP contribution in [0.5, 0.6) is 0 Å². The van der Waals surface area contributed by atoms with Crippen LogP contribution in [0.25, 0.3) is 0 Å². The van der Waals surface area contributed by atoms with Crippen molar-refractivity contribution in [2.24, 2.45) is 0 Å². The van der Waals surface area contributed by atoms with Gasteiger partial charge in [-0.15, -0.1) is 0 Å². The smallest absolute Gasteiger partial charge is 0.222 e. The van der Waals surface area contributed by atoms with Gasteiger partial charge in [0.2, 0.25) is 5.91 Å². The molecule has 2 fully saturated rings. The molecule has 0 atom stereocenters. The number of likely N-dealkylation sites (tertiary alicyclic amines) is 2. The molecule has 2 rings (SSSR count). The Bertz CT molecular complexity index is 198. The van der Waals surface area contributed by atoms with E-state index in [1.807, 2.05) is 13.8 Å². The summed E-state index contributed by atoms with van der Waals surface area (Å²) in [6, 6.07) is 0.547. The van der Waals surface area contributed by atoms with Gasteiger partial charge in [0.1, 0.15) is 0 Å². The largest absolute Gasteiger partial charge is 0.340 e. The minimum Gasteiger partial charge on any atom is -0.340 e. The van der Waals surface area contributed by atoms with Crippen LogP contribution >= 0.6 is 0 Å². The van der Waals surface area contributed by atoms with E-state index >= 15 is 0 Å². The number of nitrogens with zero attached hydrogens (tertiary/aromatic N) is 2. The molecule has 0 aromatic rings. The molecule has 0 N–H and O–H groups in total. The van der Waals surface area contributed by atoms with E-state index in [1.54, 1.807) is 0 Å². The maximum atomic E-state index is 11.5. The van der Waals surface area contributed by atoms with Crippen LogP contribution in [0, 0.1) is 0 Å². The van der Waals surface area contributed by atoms with E-state index in [0.717, 1.165) is 32.5 Å². The standard InChI is InChI=1S/C10H18N2O.C2H6/c1-11-7-4-9(5-8-11)12-6-2-3-10(12)13;1-2/h9H,2-8H2,1H3;1-2H3. The fourth-order valence-corrected chi connectivity index (χ4v) is 2.36. The predicted molar refractivity (Wildman–Crippen MR) is 62.8 cm³/mol. The first kappa shape index (κ1) is 12.5. The van der Waals surface area contributed by atoms with Gasteiger partial charge in [0.25, 0.3) is 0 Å². The lowest BCUT2D eigenvalue weighted by Gasteiger charge is -2.34. The Morgan fingerprint density at radius 2 is 1.73 bits per heavy atom. The summed E-state index contributed by atoms with van der Waals surface area (Å²) in [5.41, 5.74) is 0. The normalized spacial score (nSPS) is 23.9. The molecule has 0 aromatic carbocycles. The van der Waals surface area contributed by atoms with Gasteiger partial charge in [0.05, 0.1) is 0 Å². The summed E-state index contributed by atoms with van der Waals surface area (Å²) in [5.74, 6) is 0.384. The lowest BCUT2D eigenvalue weighted by Crippen LogP contribution is -2.44. The van der Waals surface area contributed by atoms with E-state index in [9.17, 15) is 4.79 Å². The van der Waals surface area contributed by atoms with Crippen LogP contribution < -0.4 is 0 Å². The number of rotatable bonds is 1. The summed E-state index contributed by atoms with van der Waals surface area (Å²) in [6.45, 7) is 7.30. The zero-order valence-corrected chi connectivity index (χ0v) is 10.3. The van der Waals surface area contributed by atoms with Gasteiger partial charge in [0, 0.05) is 19.0 Å². The summed E-state index contributed by atoms with van der Waals surface area (Å²) >= 11 is 0. The first-order chi connectivity index (χ1) is 7.27. The summed E-state index contributed by atoms with van der Waals surface area (Å²) in [4.78, 5) is 15.9. The fraction of sp³-hybridized carbons (Fsp3) is 0.917. The molecule has 88 valence electrons. The number of carbonyl (C=O) groups excluding carboxylic acids is 1. The highest BCUT2D eigenvalue weighted by Crippen LogP contribution is 2.21. The van der Waals surface area contributed by atoms with Crippen LogP contribution in [0.4, 0.5) is 0 Å². The van der Waals surface area contributed by atoms with Crippen molar-refractivity contribution in [1.29, 1.82) is 0 Å². The molecule has 0 saturated carbocycles. The van der Waals surface area contributed by atoms with E-state index in [2.05, 4.69) is 16.8 Å². The third-order valence-electron chi connectivity index (χ3n) is 3.24.